The molecule has 33 heavy (non-hydrogen) atoms. The van der Waals surface area contributed by atoms with Crippen LogP contribution in [0.3, 0.4) is 0 Å². The number of carbonyl (C=O) groups excluding carboxylic acids is 2. The molecule has 9 heteroatoms. The number of alkyl halides is 3. The van der Waals surface area contributed by atoms with E-state index in [2.05, 4.69) is 0 Å². The summed E-state index contributed by atoms with van der Waals surface area (Å²) >= 11 is 0.770. The summed E-state index contributed by atoms with van der Waals surface area (Å²) in [5.74, 6) is 0.636. The van der Waals surface area contributed by atoms with Gasteiger partial charge in [0.25, 0.3) is 11.1 Å². The average molecular weight is 473 g/mol. The molecule has 2 aromatic carbocycles. The number of aryl methyl sites for hydroxylation is 1. The molecule has 0 N–H and O–H groups in total. The fourth-order valence-corrected chi connectivity index (χ4v) is 3.99. The number of ether oxygens (including phenoxy) is 1. The van der Waals surface area contributed by atoms with Gasteiger partial charge in [-0.3, -0.25) is 14.5 Å². The van der Waals surface area contributed by atoms with E-state index in [1.54, 1.807) is 0 Å². The Kier molecular flexibility index (Phi) is 6.33. The largest absolute Gasteiger partial charge is 0.492 e. The highest BCUT2D eigenvalue weighted by Crippen LogP contribution is 2.35. The lowest BCUT2D eigenvalue weighted by molar-refractivity contribution is -0.137. The van der Waals surface area contributed by atoms with Gasteiger partial charge in [0.2, 0.25) is 0 Å². The first kappa shape index (κ1) is 22.7. The average Bonchev–Trinajstić information content (AvgIpc) is 3.35. The number of halogens is 3. The summed E-state index contributed by atoms with van der Waals surface area (Å²) < 4.78 is 50.0. The van der Waals surface area contributed by atoms with Crippen molar-refractivity contribution in [1.29, 1.82) is 0 Å². The van der Waals surface area contributed by atoms with Crippen molar-refractivity contribution < 1.29 is 31.9 Å². The third-order valence-electron chi connectivity index (χ3n) is 4.85. The van der Waals surface area contributed by atoms with Crippen LogP contribution in [-0.2, 0) is 11.0 Å². The van der Waals surface area contributed by atoms with Crippen LogP contribution < -0.4 is 4.74 Å². The number of carbonyl (C=O) groups is 2. The summed E-state index contributed by atoms with van der Waals surface area (Å²) in [5, 5.41) is -0.427. The monoisotopic (exact) mass is 473 g/mol. The number of hydrogen-bond donors (Lipinski definition) is 0. The number of hydrogen-bond acceptors (Lipinski definition) is 5. The molecule has 0 saturated carbocycles. The van der Waals surface area contributed by atoms with Gasteiger partial charge in [0.05, 0.1) is 17.0 Å². The standard InChI is InChI=1S/C24H18F3NO4S/c1-15-5-7-18(8-6-15)31-12-11-28-22(29)21(33-23(28)30)14-19-9-10-20(32-19)16-3-2-4-17(13-16)24(25,26)27/h2-10,13-14H,11-12H2,1H3/b21-14-. The highest BCUT2D eigenvalue weighted by atomic mass is 32.2. The molecule has 1 fully saturated rings. The summed E-state index contributed by atoms with van der Waals surface area (Å²) in [6.07, 6.45) is -3.06. The number of benzene rings is 2. The van der Waals surface area contributed by atoms with Gasteiger partial charge < -0.3 is 9.15 Å². The third kappa shape index (κ3) is 5.31. The van der Waals surface area contributed by atoms with E-state index >= 15 is 0 Å². The number of imide groups is 1. The van der Waals surface area contributed by atoms with E-state index in [1.165, 1.54) is 30.3 Å². The van der Waals surface area contributed by atoms with Gasteiger partial charge in [-0.05, 0) is 55.1 Å². The second-order valence-corrected chi connectivity index (χ2v) is 8.27. The first-order valence-electron chi connectivity index (χ1n) is 9.93. The van der Waals surface area contributed by atoms with E-state index in [0.717, 1.165) is 34.4 Å². The molecule has 0 unspecified atom stereocenters. The third-order valence-corrected chi connectivity index (χ3v) is 5.76. The molecule has 0 spiro atoms. The molecule has 4 rings (SSSR count). The zero-order valence-electron chi connectivity index (χ0n) is 17.4. The highest BCUT2D eigenvalue weighted by molar-refractivity contribution is 8.18. The van der Waals surface area contributed by atoms with Crippen LogP contribution in [0.4, 0.5) is 18.0 Å². The SMILES string of the molecule is Cc1ccc(OCCN2C(=O)S/C(=C\c3ccc(-c4cccc(C(F)(F)F)c4)o3)C2=O)cc1. The Morgan fingerprint density at radius 2 is 1.82 bits per heavy atom. The van der Waals surface area contributed by atoms with Crippen molar-refractivity contribution in [1.82, 2.24) is 4.90 Å². The fourth-order valence-electron chi connectivity index (χ4n) is 3.15. The molecule has 0 atom stereocenters. The summed E-state index contributed by atoms with van der Waals surface area (Å²) in [7, 11) is 0. The zero-order chi connectivity index (χ0) is 23.6. The van der Waals surface area contributed by atoms with Crippen LogP contribution in [0, 0.1) is 6.92 Å². The number of thioether (sulfide) groups is 1. The van der Waals surface area contributed by atoms with Crippen LogP contribution in [0.25, 0.3) is 17.4 Å². The molecule has 2 heterocycles. The maximum Gasteiger partial charge on any atom is 0.416 e. The van der Waals surface area contributed by atoms with Crippen molar-refractivity contribution in [3.8, 4) is 17.1 Å². The van der Waals surface area contributed by atoms with E-state index in [4.69, 9.17) is 9.15 Å². The van der Waals surface area contributed by atoms with E-state index in [0.29, 0.717) is 5.75 Å². The molecule has 0 aliphatic carbocycles. The topological polar surface area (TPSA) is 59.8 Å². The Hall–Kier alpha value is -3.46. The Balaban J connectivity index is 1.42. The Bertz CT molecular complexity index is 1210. The van der Waals surface area contributed by atoms with Crippen molar-refractivity contribution in [3.05, 3.63) is 82.5 Å². The van der Waals surface area contributed by atoms with Gasteiger partial charge in [0.1, 0.15) is 23.9 Å². The molecule has 170 valence electrons. The summed E-state index contributed by atoms with van der Waals surface area (Å²) in [6, 6.07) is 15.2. The molecular formula is C24H18F3NO4S. The first-order chi connectivity index (χ1) is 15.7. The van der Waals surface area contributed by atoms with Crippen LogP contribution in [-0.4, -0.2) is 29.2 Å². The Morgan fingerprint density at radius 1 is 1.06 bits per heavy atom. The summed E-state index contributed by atoms with van der Waals surface area (Å²) in [4.78, 5) is 26.1. The highest BCUT2D eigenvalue weighted by Gasteiger charge is 2.35. The maximum atomic E-state index is 13.0. The van der Waals surface area contributed by atoms with Crippen molar-refractivity contribution in [2.75, 3.05) is 13.2 Å². The van der Waals surface area contributed by atoms with Gasteiger partial charge >= 0.3 is 6.18 Å². The molecule has 5 nitrogen and oxygen atoms in total. The maximum absolute atomic E-state index is 13.0. The fraction of sp³-hybridized carbons (Fsp3) is 0.167. The van der Waals surface area contributed by atoms with Crippen LogP contribution in [0.5, 0.6) is 5.75 Å². The van der Waals surface area contributed by atoms with E-state index < -0.39 is 22.9 Å². The number of rotatable bonds is 6. The van der Waals surface area contributed by atoms with Gasteiger partial charge in [-0.2, -0.15) is 13.2 Å². The van der Waals surface area contributed by atoms with Gasteiger partial charge in [0, 0.05) is 11.6 Å². The van der Waals surface area contributed by atoms with Crippen LogP contribution in [0.2, 0.25) is 0 Å². The van der Waals surface area contributed by atoms with E-state index in [1.807, 2.05) is 31.2 Å². The first-order valence-corrected chi connectivity index (χ1v) is 10.7. The molecule has 3 aromatic rings. The van der Waals surface area contributed by atoms with Gasteiger partial charge in [-0.1, -0.05) is 29.8 Å². The van der Waals surface area contributed by atoms with Crippen molar-refractivity contribution >= 4 is 29.0 Å². The summed E-state index contributed by atoms with van der Waals surface area (Å²) in [5.41, 5.74) is 0.560. The van der Waals surface area contributed by atoms with Crippen LogP contribution in [0.1, 0.15) is 16.9 Å². The lowest BCUT2D eigenvalue weighted by Crippen LogP contribution is -2.32. The molecule has 2 amide bonds. The molecule has 0 bridgehead atoms. The van der Waals surface area contributed by atoms with Crippen molar-refractivity contribution in [2.45, 2.75) is 13.1 Å². The van der Waals surface area contributed by atoms with E-state index in [9.17, 15) is 22.8 Å². The minimum atomic E-state index is -4.46. The van der Waals surface area contributed by atoms with E-state index in [-0.39, 0.29) is 35.1 Å². The lowest BCUT2D eigenvalue weighted by Gasteiger charge is -2.13. The number of nitrogens with zero attached hydrogens (tertiary/aromatic N) is 1. The van der Waals surface area contributed by atoms with Crippen molar-refractivity contribution in [3.63, 3.8) is 0 Å². The molecule has 1 saturated heterocycles. The minimum absolute atomic E-state index is 0.0868. The summed E-state index contributed by atoms with van der Waals surface area (Å²) in [6.45, 7) is 2.19. The predicted molar refractivity (Wildman–Crippen MR) is 118 cm³/mol. The molecule has 0 radical (unpaired) electrons. The van der Waals surface area contributed by atoms with Gasteiger partial charge in [-0.25, -0.2) is 0 Å². The zero-order valence-corrected chi connectivity index (χ0v) is 18.2. The second kappa shape index (κ2) is 9.19. The van der Waals surface area contributed by atoms with Gasteiger partial charge in [-0.15, -0.1) is 0 Å². The smallest absolute Gasteiger partial charge is 0.416 e. The van der Waals surface area contributed by atoms with Crippen LogP contribution in [0.15, 0.2) is 70.0 Å². The normalized spacial score (nSPS) is 15.5. The number of amides is 2. The molecular weight excluding hydrogens is 455 g/mol. The van der Waals surface area contributed by atoms with Crippen molar-refractivity contribution in [2.24, 2.45) is 0 Å². The predicted octanol–water partition coefficient (Wildman–Crippen LogP) is 6.39. The molecule has 1 aliphatic heterocycles. The Morgan fingerprint density at radius 3 is 2.55 bits per heavy atom. The van der Waals surface area contributed by atoms with Crippen LogP contribution >= 0.6 is 11.8 Å². The Labute approximate surface area is 191 Å². The lowest BCUT2D eigenvalue weighted by atomic mass is 10.1. The minimum Gasteiger partial charge on any atom is -0.492 e. The quantitative estimate of drug-likeness (QED) is 0.388. The second-order valence-electron chi connectivity index (χ2n) is 7.28. The molecule has 1 aromatic heterocycles. The van der Waals surface area contributed by atoms with Gasteiger partial charge in [0.15, 0.2) is 0 Å². The number of furan rings is 1. The molecule has 1 aliphatic rings.